The van der Waals surface area contributed by atoms with E-state index in [-0.39, 0.29) is 22.9 Å². The maximum Gasteiger partial charge on any atom is 0.306 e. The van der Waals surface area contributed by atoms with E-state index in [1.165, 1.54) is 33.4 Å². The number of aryl methyl sites for hydroxylation is 4. The van der Waals surface area contributed by atoms with E-state index < -0.39 is 11.2 Å². The number of esters is 1. The first kappa shape index (κ1) is 51.0. The van der Waals surface area contributed by atoms with Gasteiger partial charge < -0.3 is 24.8 Å². The molecule has 0 aromatic heterocycles. The Hall–Kier alpha value is -4.65. The Morgan fingerprint density at radius 1 is 0.571 bits per heavy atom. The first-order chi connectivity index (χ1) is 29.9. The minimum absolute atomic E-state index is 0.0704. The van der Waals surface area contributed by atoms with Crippen molar-refractivity contribution >= 4 is 18.1 Å². The van der Waals surface area contributed by atoms with Crippen LogP contribution in [0.2, 0.25) is 0 Å². The first-order valence-corrected chi connectivity index (χ1v) is 23.7. The molecule has 3 N–H and O–H groups in total. The summed E-state index contributed by atoms with van der Waals surface area (Å²) in [6, 6.07) is 25.9. The molecule has 0 bridgehead atoms. The molecule has 63 heavy (non-hydrogen) atoms. The van der Waals surface area contributed by atoms with Gasteiger partial charge in [-0.05, 0) is 153 Å². The Kier molecular flexibility index (Phi) is 18.1. The fraction of sp³-hybridized carbons (Fsp3) is 0.491. The Bertz CT molecular complexity index is 2180. The van der Waals surface area contributed by atoms with E-state index in [9.17, 15) is 20.1 Å². The molecule has 6 heteroatoms. The average molecular weight is 859 g/mol. The predicted octanol–water partition coefficient (Wildman–Crippen LogP) is 13.7. The molecule has 342 valence electrons. The first-order valence-electron chi connectivity index (χ1n) is 23.7. The molecule has 1 fully saturated rings. The number of cyclic esters (lactones) is 1. The highest BCUT2D eigenvalue weighted by molar-refractivity contribution is 5.71. The smallest absolute Gasteiger partial charge is 0.306 e. The van der Waals surface area contributed by atoms with E-state index in [1.807, 2.05) is 52.8 Å². The topological polar surface area (TPSA) is 96.2 Å². The number of aliphatic hydroxyl groups is 2. The van der Waals surface area contributed by atoms with Gasteiger partial charge in [-0.3, -0.25) is 4.79 Å². The minimum atomic E-state index is -0.748. The summed E-state index contributed by atoms with van der Waals surface area (Å²) < 4.78 is 11.3. The minimum Gasteiger partial charge on any atom is -0.508 e. The summed E-state index contributed by atoms with van der Waals surface area (Å²) >= 11 is 0. The molecule has 4 aromatic rings. The standard InChI is InChI=1S/C31H42O4.C26H36O2/c1-7-30(33,8-2)18-17-24-11-12-25(19-22(24)5)31(9-3,10-4)26-13-15-28(23(6)20-26)34-21-27-14-16-29(32)35-27;1-7-25(28,8-2)16-15-21-11-12-22(17-19(21)5)26(9-3,10-4)23-13-14-24(27)20(6)18-23/h11-13,15,17-20,27,33H,7-10,14,16,21H2,1-6H3;11-18,27-28H,7-10H2,1-6H3/b18-17+;16-15+/t27-;/m0./s1. The molecule has 0 unspecified atom stereocenters. The summed E-state index contributed by atoms with van der Waals surface area (Å²) in [6.45, 7) is 25.8. The van der Waals surface area contributed by atoms with Crippen LogP contribution in [-0.4, -0.2) is 45.2 Å². The third kappa shape index (κ3) is 11.9. The molecule has 0 radical (unpaired) electrons. The normalized spacial score (nSPS) is 14.9. The maximum absolute atomic E-state index is 11.3. The molecule has 0 amide bonds. The van der Waals surface area contributed by atoms with Crippen LogP contribution < -0.4 is 4.74 Å². The number of hydrogen-bond acceptors (Lipinski definition) is 6. The van der Waals surface area contributed by atoms with Crippen molar-refractivity contribution in [3.05, 3.63) is 141 Å². The summed E-state index contributed by atoms with van der Waals surface area (Å²) in [5, 5.41) is 31.1. The van der Waals surface area contributed by atoms with Gasteiger partial charge in [-0.1, -0.05) is 140 Å². The number of phenolic OH excluding ortho intramolecular Hbond substituents is 1. The van der Waals surface area contributed by atoms with Crippen LogP contribution in [0.15, 0.2) is 84.9 Å². The van der Waals surface area contributed by atoms with Crippen LogP contribution >= 0.6 is 0 Å². The summed E-state index contributed by atoms with van der Waals surface area (Å²) in [5.41, 5.74) is 10.2. The van der Waals surface area contributed by atoms with Crippen LogP contribution in [0.4, 0.5) is 0 Å². The number of rotatable bonds is 19. The Labute approximate surface area is 380 Å². The van der Waals surface area contributed by atoms with E-state index in [2.05, 4.69) is 127 Å². The summed E-state index contributed by atoms with van der Waals surface area (Å²) in [6.07, 6.45) is 15.9. The zero-order valence-corrected chi connectivity index (χ0v) is 40.7. The predicted molar refractivity (Wildman–Crippen MR) is 263 cm³/mol. The van der Waals surface area contributed by atoms with Crippen LogP contribution in [0.1, 0.15) is 175 Å². The Morgan fingerprint density at radius 3 is 1.32 bits per heavy atom. The van der Waals surface area contributed by atoms with Crippen molar-refractivity contribution < 1.29 is 29.6 Å². The summed E-state index contributed by atoms with van der Waals surface area (Å²) in [7, 11) is 0. The molecular formula is C57H78O6. The Morgan fingerprint density at radius 2 is 0.968 bits per heavy atom. The van der Waals surface area contributed by atoms with Crippen molar-refractivity contribution in [3.63, 3.8) is 0 Å². The monoisotopic (exact) mass is 859 g/mol. The fourth-order valence-electron chi connectivity index (χ4n) is 9.19. The van der Waals surface area contributed by atoms with Crippen LogP contribution in [0, 0.1) is 27.7 Å². The Balaban J connectivity index is 0.000000284. The fourth-order valence-corrected chi connectivity index (χ4v) is 9.19. The lowest BCUT2D eigenvalue weighted by Crippen LogP contribution is -2.26. The molecule has 5 rings (SSSR count). The van der Waals surface area contributed by atoms with Crippen molar-refractivity contribution in [2.75, 3.05) is 6.61 Å². The lowest BCUT2D eigenvalue weighted by atomic mass is 9.70. The van der Waals surface area contributed by atoms with Gasteiger partial charge in [0.05, 0.1) is 11.2 Å². The van der Waals surface area contributed by atoms with Crippen molar-refractivity contribution in [1.82, 2.24) is 0 Å². The van der Waals surface area contributed by atoms with Gasteiger partial charge in [0.25, 0.3) is 0 Å². The second-order valence-electron chi connectivity index (χ2n) is 18.0. The van der Waals surface area contributed by atoms with Gasteiger partial charge in [-0.2, -0.15) is 0 Å². The van der Waals surface area contributed by atoms with Gasteiger partial charge in [0.15, 0.2) is 0 Å². The van der Waals surface area contributed by atoms with E-state index in [4.69, 9.17) is 9.47 Å². The number of phenols is 1. The molecule has 0 spiro atoms. The second kappa shape index (κ2) is 22.3. The van der Waals surface area contributed by atoms with E-state index in [1.54, 1.807) is 0 Å². The van der Waals surface area contributed by atoms with Crippen LogP contribution in [-0.2, 0) is 20.4 Å². The van der Waals surface area contributed by atoms with Gasteiger partial charge in [0.2, 0.25) is 0 Å². The quantitative estimate of drug-likeness (QED) is 0.0813. The van der Waals surface area contributed by atoms with Crippen LogP contribution in [0.3, 0.4) is 0 Å². The lowest BCUT2D eigenvalue weighted by molar-refractivity contribution is -0.142. The number of carbonyl (C=O) groups excluding carboxylic acids is 1. The highest BCUT2D eigenvalue weighted by Crippen LogP contribution is 2.42. The van der Waals surface area contributed by atoms with Gasteiger partial charge in [0, 0.05) is 17.3 Å². The zero-order chi connectivity index (χ0) is 46.6. The van der Waals surface area contributed by atoms with Gasteiger partial charge >= 0.3 is 5.97 Å². The van der Waals surface area contributed by atoms with Crippen molar-refractivity contribution in [3.8, 4) is 11.5 Å². The van der Waals surface area contributed by atoms with E-state index in [0.717, 1.165) is 60.1 Å². The molecular weight excluding hydrogens is 781 g/mol. The molecule has 0 aliphatic carbocycles. The average Bonchev–Trinajstić information content (AvgIpc) is 3.72. The number of carbonyl (C=O) groups is 1. The lowest BCUT2D eigenvalue weighted by Gasteiger charge is -2.34. The summed E-state index contributed by atoms with van der Waals surface area (Å²) in [5.74, 6) is 1.05. The van der Waals surface area contributed by atoms with E-state index >= 15 is 0 Å². The number of hydrogen-bond donors (Lipinski definition) is 3. The van der Waals surface area contributed by atoms with Crippen LogP contribution in [0.25, 0.3) is 12.2 Å². The van der Waals surface area contributed by atoms with Gasteiger partial charge in [0.1, 0.15) is 24.2 Å². The zero-order valence-electron chi connectivity index (χ0n) is 40.7. The number of benzene rings is 4. The third-order valence-corrected chi connectivity index (χ3v) is 14.5. The van der Waals surface area contributed by atoms with Crippen molar-refractivity contribution in [1.29, 1.82) is 0 Å². The van der Waals surface area contributed by atoms with Gasteiger partial charge in [-0.15, -0.1) is 0 Å². The van der Waals surface area contributed by atoms with Gasteiger partial charge in [-0.25, -0.2) is 0 Å². The number of aromatic hydroxyl groups is 1. The number of ether oxygens (including phenoxy) is 2. The van der Waals surface area contributed by atoms with Crippen molar-refractivity contribution in [2.45, 2.75) is 175 Å². The molecule has 1 aliphatic rings. The van der Waals surface area contributed by atoms with E-state index in [0.29, 0.717) is 44.5 Å². The molecule has 0 saturated carbocycles. The van der Waals surface area contributed by atoms with Crippen molar-refractivity contribution in [2.24, 2.45) is 0 Å². The maximum atomic E-state index is 11.3. The molecule has 1 heterocycles. The summed E-state index contributed by atoms with van der Waals surface area (Å²) in [4.78, 5) is 11.3. The SMILES string of the molecule is CCC(O)(/C=C/c1ccc(C(CC)(CC)c2ccc(O)c(C)c2)cc1C)CC.CCC(O)(/C=C/c1ccc(C(CC)(CC)c2ccc(OC[C@@H]3CCC(=O)O3)c(C)c2)cc1C)CC. The molecule has 6 nitrogen and oxygen atoms in total. The molecule has 1 saturated heterocycles. The highest BCUT2D eigenvalue weighted by Gasteiger charge is 2.33. The molecule has 4 aromatic carbocycles. The second-order valence-corrected chi connectivity index (χ2v) is 18.0. The largest absolute Gasteiger partial charge is 0.508 e. The third-order valence-electron chi connectivity index (χ3n) is 14.5. The highest BCUT2D eigenvalue weighted by atomic mass is 16.6. The molecule has 1 atom stereocenters. The van der Waals surface area contributed by atoms with Crippen LogP contribution in [0.5, 0.6) is 11.5 Å². The molecule has 1 aliphatic heterocycles.